The van der Waals surface area contributed by atoms with Gasteiger partial charge in [-0.25, -0.2) is 4.98 Å². The summed E-state index contributed by atoms with van der Waals surface area (Å²) in [5.74, 6) is 1.78. The van der Waals surface area contributed by atoms with E-state index in [1.165, 1.54) is 5.56 Å². The van der Waals surface area contributed by atoms with Crippen molar-refractivity contribution in [2.45, 2.75) is 19.9 Å². The van der Waals surface area contributed by atoms with Crippen molar-refractivity contribution in [3.8, 4) is 16.9 Å². The number of nitrogens with zero attached hydrogens (tertiary/aromatic N) is 5. The Kier molecular flexibility index (Phi) is 4.09. The van der Waals surface area contributed by atoms with Crippen LogP contribution in [0.25, 0.3) is 28.0 Å². The molecule has 1 N–H and O–H groups in total. The predicted octanol–water partition coefficient (Wildman–Crippen LogP) is 3.34. The number of hydrogen-bond donors (Lipinski definition) is 1. The van der Waals surface area contributed by atoms with E-state index in [-0.39, 0.29) is 6.04 Å². The van der Waals surface area contributed by atoms with Gasteiger partial charge >= 0.3 is 0 Å². The van der Waals surface area contributed by atoms with Gasteiger partial charge in [0.15, 0.2) is 5.82 Å². The SMILES string of the molecule is Cc1ccncc1-c1cc(N2CCOC[C@H]2C)nc2c1ccn2-c1cc[nH]n1. The minimum absolute atomic E-state index is 0.273. The van der Waals surface area contributed by atoms with Crippen molar-refractivity contribution in [2.24, 2.45) is 0 Å². The number of aryl methyl sites for hydroxylation is 1. The molecule has 0 unspecified atom stereocenters. The lowest BCUT2D eigenvalue weighted by molar-refractivity contribution is 0.0986. The minimum atomic E-state index is 0.273. The molecule has 7 heteroatoms. The Morgan fingerprint density at radius 2 is 2.11 bits per heavy atom. The zero-order chi connectivity index (χ0) is 19.1. The van der Waals surface area contributed by atoms with Crippen LogP contribution in [0.3, 0.4) is 0 Å². The second kappa shape index (κ2) is 6.76. The molecule has 5 heterocycles. The highest BCUT2D eigenvalue weighted by Crippen LogP contribution is 2.35. The molecule has 1 aliphatic rings. The molecule has 0 radical (unpaired) electrons. The molecular weight excluding hydrogens is 352 g/mol. The standard InChI is InChI=1S/C21H22N6O/c1-14-3-6-22-12-18(14)17-11-20(26-9-10-28-13-15(26)2)24-21-16(17)5-8-27(21)19-4-7-23-25-19/h3-8,11-12,15H,9-10,13H2,1-2H3,(H,23,25)/t15-/m1/s1. The molecule has 1 saturated heterocycles. The Labute approximate surface area is 163 Å². The highest BCUT2D eigenvalue weighted by Gasteiger charge is 2.23. The van der Waals surface area contributed by atoms with E-state index in [9.17, 15) is 0 Å². The average molecular weight is 374 g/mol. The van der Waals surface area contributed by atoms with Gasteiger partial charge < -0.3 is 9.64 Å². The summed E-state index contributed by atoms with van der Waals surface area (Å²) in [6, 6.07) is 8.55. The fourth-order valence-electron chi connectivity index (χ4n) is 3.85. The van der Waals surface area contributed by atoms with E-state index in [1.807, 2.05) is 41.5 Å². The van der Waals surface area contributed by atoms with E-state index in [0.717, 1.165) is 40.3 Å². The zero-order valence-electron chi connectivity index (χ0n) is 16.0. The summed E-state index contributed by atoms with van der Waals surface area (Å²) in [6.45, 7) is 6.54. The Morgan fingerprint density at radius 1 is 1.18 bits per heavy atom. The van der Waals surface area contributed by atoms with E-state index in [0.29, 0.717) is 13.2 Å². The van der Waals surface area contributed by atoms with E-state index in [1.54, 1.807) is 0 Å². The van der Waals surface area contributed by atoms with Gasteiger partial charge in [-0.15, -0.1) is 0 Å². The predicted molar refractivity (Wildman–Crippen MR) is 109 cm³/mol. The normalized spacial score (nSPS) is 17.4. The molecule has 0 bridgehead atoms. The van der Waals surface area contributed by atoms with Crippen molar-refractivity contribution in [2.75, 3.05) is 24.7 Å². The van der Waals surface area contributed by atoms with Crippen LogP contribution in [0.15, 0.2) is 49.1 Å². The Balaban J connectivity index is 1.77. The van der Waals surface area contributed by atoms with Crippen LogP contribution in [0.5, 0.6) is 0 Å². The monoisotopic (exact) mass is 374 g/mol. The Morgan fingerprint density at radius 3 is 2.89 bits per heavy atom. The summed E-state index contributed by atoms with van der Waals surface area (Å²) in [6.07, 6.45) is 7.61. The third-order valence-corrected chi connectivity index (χ3v) is 5.37. The molecule has 1 atom stereocenters. The molecule has 142 valence electrons. The zero-order valence-corrected chi connectivity index (χ0v) is 16.0. The third-order valence-electron chi connectivity index (χ3n) is 5.37. The van der Waals surface area contributed by atoms with Gasteiger partial charge in [-0.05, 0) is 43.2 Å². The number of anilines is 1. The molecule has 0 amide bonds. The van der Waals surface area contributed by atoms with Crippen molar-refractivity contribution in [3.05, 3.63) is 54.6 Å². The molecule has 28 heavy (non-hydrogen) atoms. The van der Waals surface area contributed by atoms with Crippen LogP contribution in [0.4, 0.5) is 5.82 Å². The van der Waals surface area contributed by atoms with Crippen molar-refractivity contribution in [3.63, 3.8) is 0 Å². The quantitative estimate of drug-likeness (QED) is 0.595. The number of aromatic nitrogens is 5. The van der Waals surface area contributed by atoms with Gasteiger partial charge in [0.05, 0.1) is 19.3 Å². The largest absolute Gasteiger partial charge is 0.377 e. The van der Waals surface area contributed by atoms with Crippen LogP contribution in [0.2, 0.25) is 0 Å². The minimum Gasteiger partial charge on any atom is -0.377 e. The van der Waals surface area contributed by atoms with Gasteiger partial charge in [0, 0.05) is 48.3 Å². The van der Waals surface area contributed by atoms with Crippen LogP contribution >= 0.6 is 0 Å². The maximum Gasteiger partial charge on any atom is 0.160 e. The van der Waals surface area contributed by atoms with E-state index in [4.69, 9.17) is 9.72 Å². The molecular formula is C21H22N6O. The van der Waals surface area contributed by atoms with Crippen LogP contribution in [0.1, 0.15) is 12.5 Å². The number of pyridine rings is 2. The van der Waals surface area contributed by atoms with Crippen molar-refractivity contribution < 1.29 is 4.74 Å². The first-order chi connectivity index (χ1) is 13.7. The lowest BCUT2D eigenvalue weighted by atomic mass is 10.0. The van der Waals surface area contributed by atoms with Crippen LogP contribution in [-0.4, -0.2) is 50.5 Å². The first-order valence-corrected chi connectivity index (χ1v) is 9.50. The molecule has 0 aromatic carbocycles. The lowest BCUT2D eigenvalue weighted by Crippen LogP contribution is -2.44. The second-order valence-corrected chi connectivity index (χ2v) is 7.19. The van der Waals surface area contributed by atoms with Gasteiger partial charge in [-0.1, -0.05) is 0 Å². The van der Waals surface area contributed by atoms with Gasteiger partial charge in [0.2, 0.25) is 0 Å². The molecule has 4 aromatic rings. The molecule has 0 spiro atoms. The van der Waals surface area contributed by atoms with Crippen LogP contribution < -0.4 is 4.90 Å². The first-order valence-electron chi connectivity index (χ1n) is 9.50. The molecule has 0 saturated carbocycles. The summed E-state index contributed by atoms with van der Waals surface area (Å²) in [5, 5.41) is 8.31. The molecule has 0 aliphatic carbocycles. The van der Waals surface area contributed by atoms with Crippen molar-refractivity contribution in [1.29, 1.82) is 0 Å². The van der Waals surface area contributed by atoms with E-state index in [2.05, 4.69) is 46.1 Å². The number of rotatable bonds is 3. The van der Waals surface area contributed by atoms with Crippen LogP contribution in [0, 0.1) is 6.92 Å². The number of aromatic amines is 1. The smallest absolute Gasteiger partial charge is 0.160 e. The average Bonchev–Trinajstić information content (AvgIpc) is 3.37. The topological polar surface area (TPSA) is 71.9 Å². The summed E-state index contributed by atoms with van der Waals surface area (Å²) in [5.41, 5.74) is 4.34. The molecule has 1 fully saturated rings. The second-order valence-electron chi connectivity index (χ2n) is 7.19. The summed E-state index contributed by atoms with van der Waals surface area (Å²) in [4.78, 5) is 11.7. The number of H-pyrrole nitrogens is 1. The molecule has 7 nitrogen and oxygen atoms in total. The highest BCUT2D eigenvalue weighted by molar-refractivity contribution is 5.96. The highest BCUT2D eigenvalue weighted by atomic mass is 16.5. The van der Waals surface area contributed by atoms with E-state index >= 15 is 0 Å². The van der Waals surface area contributed by atoms with Gasteiger partial charge in [0.1, 0.15) is 11.5 Å². The fourth-order valence-corrected chi connectivity index (χ4v) is 3.85. The summed E-state index contributed by atoms with van der Waals surface area (Å²) in [7, 11) is 0. The lowest BCUT2D eigenvalue weighted by Gasteiger charge is -2.34. The fraction of sp³-hybridized carbons (Fsp3) is 0.286. The summed E-state index contributed by atoms with van der Waals surface area (Å²) < 4.78 is 7.65. The maximum absolute atomic E-state index is 5.62. The Bertz CT molecular complexity index is 1120. The summed E-state index contributed by atoms with van der Waals surface area (Å²) >= 11 is 0. The maximum atomic E-state index is 5.62. The van der Waals surface area contributed by atoms with Crippen molar-refractivity contribution in [1.82, 2.24) is 24.7 Å². The Hall–Kier alpha value is -3.19. The first kappa shape index (κ1) is 16.9. The van der Waals surface area contributed by atoms with Gasteiger partial charge in [0.25, 0.3) is 0 Å². The number of ether oxygens (including phenoxy) is 1. The van der Waals surface area contributed by atoms with Crippen molar-refractivity contribution >= 4 is 16.9 Å². The number of hydrogen-bond acceptors (Lipinski definition) is 5. The van der Waals surface area contributed by atoms with Gasteiger partial charge in [-0.3, -0.25) is 14.6 Å². The molecule has 1 aliphatic heterocycles. The third kappa shape index (κ3) is 2.75. The van der Waals surface area contributed by atoms with Crippen LogP contribution in [-0.2, 0) is 4.74 Å². The number of morpholine rings is 1. The molecule has 4 aromatic heterocycles. The van der Waals surface area contributed by atoms with E-state index < -0.39 is 0 Å². The molecule has 5 rings (SSSR count). The number of fused-ring (bicyclic) bond motifs is 1. The van der Waals surface area contributed by atoms with Gasteiger partial charge in [-0.2, -0.15) is 5.10 Å². The number of nitrogens with one attached hydrogen (secondary N) is 1.